The highest BCUT2D eigenvalue weighted by molar-refractivity contribution is 5.90. The molecule has 0 aromatic heterocycles. The van der Waals surface area contributed by atoms with Crippen LogP contribution in [0.2, 0.25) is 0 Å². The molecule has 0 saturated carbocycles. The maximum atomic E-state index is 11.6. The summed E-state index contributed by atoms with van der Waals surface area (Å²) >= 11 is 0. The van der Waals surface area contributed by atoms with E-state index in [2.05, 4.69) is 19.2 Å². The molecule has 0 saturated heterocycles. The van der Waals surface area contributed by atoms with Gasteiger partial charge in [0.1, 0.15) is 0 Å². The van der Waals surface area contributed by atoms with E-state index in [9.17, 15) is 4.79 Å². The van der Waals surface area contributed by atoms with Gasteiger partial charge in [-0.05, 0) is 24.1 Å². The van der Waals surface area contributed by atoms with Gasteiger partial charge in [0.05, 0.1) is 12.7 Å². The molecule has 100 valence electrons. The molecule has 0 spiro atoms. The summed E-state index contributed by atoms with van der Waals surface area (Å²) in [6, 6.07) is 7.57. The van der Waals surface area contributed by atoms with Crippen LogP contribution in [0, 0.1) is 5.92 Å². The SMILES string of the molecule is CCC(CC)CNCc1ccccc1C(=O)OC. The van der Waals surface area contributed by atoms with Crippen LogP contribution in [-0.4, -0.2) is 19.6 Å². The Balaban J connectivity index is 2.59. The molecule has 0 fully saturated rings. The second kappa shape index (κ2) is 7.88. The van der Waals surface area contributed by atoms with Crippen molar-refractivity contribution in [1.82, 2.24) is 5.32 Å². The summed E-state index contributed by atoms with van der Waals surface area (Å²) in [6.45, 7) is 6.11. The van der Waals surface area contributed by atoms with Crippen LogP contribution >= 0.6 is 0 Å². The first-order valence-corrected chi connectivity index (χ1v) is 6.59. The van der Waals surface area contributed by atoms with E-state index in [1.807, 2.05) is 18.2 Å². The number of carbonyl (C=O) groups excluding carboxylic acids is 1. The van der Waals surface area contributed by atoms with E-state index < -0.39 is 0 Å². The lowest BCUT2D eigenvalue weighted by atomic mass is 10.0. The molecule has 0 unspecified atom stereocenters. The molecule has 0 atom stereocenters. The van der Waals surface area contributed by atoms with Crippen LogP contribution in [0.5, 0.6) is 0 Å². The molecule has 0 amide bonds. The topological polar surface area (TPSA) is 38.3 Å². The standard InChI is InChI=1S/C15H23NO2/c1-4-12(5-2)10-16-11-13-8-6-7-9-14(13)15(17)18-3/h6-9,12,16H,4-5,10-11H2,1-3H3. The molecule has 1 aromatic rings. The summed E-state index contributed by atoms with van der Waals surface area (Å²) in [5.74, 6) is 0.435. The highest BCUT2D eigenvalue weighted by Crippen LogP contribution is 2.11. The molecular formula is C15H23NO2. The monoisotopic (exact) mass is 249 g/mol. The number of rotatable bonds is 7. The van der Waals surface area contributed by atoms with Crippen LogP contribution in [0.4, 0.5) is 0 Å². The Morgan fingerprint density at radius 3 is 2.56 bits per heavy atom. The first-order chi connectivity index (χ1) is 8.72. The van der Waals surface area contributed by atoms with Gasteiger partial charge in [0, 0.05) is 6.54 Å². The molecule has 1 rings (SSSR count). The number of hydrogen-bond acceptors (Lipinski definition) is 3. The van der Waals surface area contributed by atoms with Gasteiger partial charge in [0.15, 0.2) is 0 Å². The quantitative estimate of drug-likeness (QED) is 0.755. The predicted molar refractivity (Wildman–Crippen MR) is 73.6 cm³/mol. The molecule has 0 bridgehead atoms. The Morgan fingerprint density at radius 1 is 1.28 bits per heavy atom. The third-order valence-corrected chi connectivity index (χ3v) is 3.33. The summed E-state index contributed by atoms with van der Waals surface area (Å²) in [7, 11) is 1.41. The zero-order chi connectivity index (χ0) is 13.4. The first kappa shape index (κ1) is 14.7. The lowest BCUT2D eigenvalue weighted by Crippen LogP contribution is -2.23. The summed E-state index contributed by atoms with van der Waals surface area (Å²) in [4.78, 5) is 11.6. The molecule has 3 nitrogen and oxygen atoms in total. The van der Waals surface area contributed by atoms with Gasteiger partial charge in [0.25, 0.3) is 0 Å². The van der Waals surface area contributed by atoms with E-state index in [1.54, 1.807) is 6.07 Å². The minimum absolute atomic E-state index is 0.269. The van der Waals surface area contributed by atoms with Crippen molar-refractivity contribution in [2.45, 2.75) is 33.2 Å². The van der Waals surface area contributed by atoms with Crippen LogP contribution in [0.1, 0.15) is 42.6 Å². The first-order valence-electron chi connectivity index (χ1n) is 6.59. The molecule has 1 aromatic carbocycles. The van der Waals surface area contributed by atoms with Crippen molar-refractivity contribution >= 4 is 5.97 Å². The Hall–Kier alpha value is -1.35. The number of methoxy groups -OCH3 is 1. The van der Waals surface area contributed by atoms with E-state index in [-0.39, 0.29) is 5.97 Å². The van der Waals surface area contributed by atoms with Crippen molar-refractivity contribution in [3.05, 3.63) is 35.4 Å². The van der Waals surface area contributed by atoms with Gasteiger partial charge in [-0.3, -0.25) is 0 Å². The van der Waals surface area contributed by atoms with Crippen LogP contribution < -0.4 is 5.32 Å². The molecular weight excluding hydrogens is 226 g/mol. The molecule has 0 aliphatic rings. The fourth-order valence-corrected chi connectivity index (χ4v) is 1.97. The summed E-state index contributed by atoms with van der Waals surface area (Å²) in [5, 5.41) is 3.42. The molecule has 18 heavy (non-hydrogen) atoms. The number of nitrogens with one attached hydrogen (secondary N) is 1. The summed E-state index contributed by atoms with van der Waals surface area (Å²) in [5.41, 5.74) is 1.65. The molecule has 1 N–H and O–H groups in total. The van der Waals surface area contributed by atoms with E-state index in [0.29, 0.717) is 18.0 Å². The molecule has 3 heteroatoms. The van der Waals surface area contributed by atoms with Gasteiger partial charge < -0.3 is 10.1 Å². The minimum Gasteiger partial charge on any atom is -0.465 e. The highest BCUT2D eigenvalue weighted by atomic mass is 16.5. The number of hydrogen-bond donors (Lipinski definition) is 1. The van der Waals surface area contributed by atoms with E-state index >= 15 is 0 Å². The predicted octanol–water partition coefficient (Wildman–Crippen LogP) is 3.00. The molecule has 0 radical (unpaired) electrons. The van der Waals surface area contributed by atoms with E-state index in [4.69, 9.17) is 4.74 Å². The van der Waals surface area contributed by atoms with E-state index in [1.165, 1.54) is 20.0 Å². The fraction of sp³-hybridized carbons (Fsp3) is 0.533. The zero-order valence-corrected chi connectivity index (χ0v) is 11.5. The second-order valence-electron chi connectivity index (χ2n) is 4.46. The van der Waals surface area contributed by atoms with Crippen molar-refractivity contribution in [1.29, 1.82) is 0 Å². The zero-order valence-electron chi connectivity index (χ0n) is 11.5. The van der Waals surface area contributed by atoms with Crippen molar-refractivity contribution in [3.8, 4) is 0 Å². The van der Waals surface area contributed by atoms with Crippen molar-refractivity contribution in [2.24, 2.45) is 5.92 Å². The van der Waals surface area contributed by atoms with Gasteiger partial charge in [-0.2, -0.15) is 0 Å². The van der Waals surface area contributed by atoms with Crippen molar-refractivity contribution in [2.75, 3.05) is 13.7 Å². The normalized spacial score (nSPS) is 10.7. The van der Waals surface area contributed by atoms with Crippen LogP contribution in [0.25, 0.3) is 0 Å². The van der Waals surface area contributed by atoms with Gasteiger partial charge in [0.2, 0.25) is 0 Å². The molecule has 0 heterocycles. The smallest absolute Gasteiger partial charge is 0.338 e. The number of benzene rings is 1. The van der Waals surface area contributed by atoms with Gasteiger partial charge in [-0.25, -0.2) is 4.79 Å². The average Bonchev–Trinajstić information content (AvgIpc) is 2.43. The van der Waals surface area contributed by atoms with E-state index in [0.717, 1.165) is 12.1 Å². The lowest BCUT2D eigenvalue weighted by molar-refractivity contribution is 0.0599. The van der Waals surface area contributed by atoms with Crippen molar-refractivity contribution in [3.63, 3.8) is 0 Å². The third-order valence-electron chi connectivity index (χ3n) is 3.33. The molecule has 0 aliphatic carbocycles. The summed E-state index contributed by atoms with van der Waals surface area (Å²) < 4.78 is 4.78. The van der Waals surface area contributed by atoms with Gasteiger partial charge >= 0.3 is 5.97 Å². The average molecular weight is 249 g/mol. The third kappa shape index (κ3) is 4.15. The van der Waals surface area contributed by atoms with Gasteiger partial charge in [-0.15, -0.1) is 0 Å². The maximum absolute atomic E-state index is 11.6. The minimum atomic E-state index is -0.269. The highest BCUT2D eigenvalue weighted by Gasteiger charge is 2.10. The second-order valence-corrected chi connectivity index (χ2v) is 4.46. The Kier molecular flexibility index (Phi) is 6.44. The Morgan fingerprint density at radius 2 is 1.94 bits per heavy atom. The Bertz CT molecular complexity index is 373. The Labute approximate surface area is 110 Å². The molecule has 0 aliphatic heterocycles. The van der Waals surface area contributed by atoms with Crippen LogP contribution in [0.15, 0.2) is 24.3 Å². The number of esters is 1. The van der Waals surface area contributed by atoms with Crippen molar-refractivity contribution < 1.29 is 9.53 Å². The summed E-state index contributed by atoms with van der Waals surface area (Å²) in [6.07, 6.45) is 2.37. The van der Waals surface area contributed by atoms with Gasteiger partial charge in [-0.1, -0.05) is 44.9 Å². The van der Waals surface area contributed by atoms with Crippen LogP contribution in [-0.2, 0) is 11.3 Å². The van der Waals surface area contributed by atoms with Crippen LogP contribution in [0.3, 0.4) is 0 Å². The fourth-order valence-electron chi connectivity index (χ4n) is 1.97. The number of carbonyl (C=O) groups is 1. The lowest BCUT2D eigenvalue weighted by Gasteiger charge is -2.14. The maximum Gasteiger partial charge on any atom is 0.338 e. The largest absolute Gasteiger partial charge is 0.465 e. The number of ether oxygens (including phenoxy) is 1.